The standard InChI is InChI=1S/C15H16BrClN2O2/c1-20-13-6-4-10(8-14(13)21-2)15(19-18)9-3-5-11(16)12(17)7-9/h3-8,15,19H,18H2,1-2H3. The van der Waals surface area contributed by atoms with E-state index in [4.69, 9.17) is 26.9 Å². The van der Waals surface area contributed by atoms with Crippen molar-refractivity contribution in [3.8, 4) is 11.5 Å². The van der Waals surface area contributed by atoms with Gasteiger partial charge in [-0.15, -0.1) is 0 Å². The second-order valence-electron chi connectivity index (χ2n) is 4.39. The van der Waals surface area contributed by atoms with Gasteiger partial charge in [-0.1, -0.05) is 23.7 Å². The van der Waals surface area contributed by atoms with Crippen molar-refractivity contribution in [3.63, 3.8) is 0 Å². The molecule has 0 saturated carbocycles. The highest BCUT2D eigenvalue weighted by molar-refractivity contribution is 9.10. The number of benzene rings is 2. The maximum absolute atomic E-state index is 6.15. The van der Waals surface area contributed by atoms with Crippen LogP contribution < -0.4 is 20.7 Å². The van der Waals surface area contributed by atoms with Gasteiger partial charge < -0.3 is 9.47 Å². The van der Waals surface area contributed by atoms with Crippen LogP contribution in [0.15, 0.2) is 40.9 Å². The van der Waals surface area contributed by atoms with Crippen LogP contribution in [0.25, 0.3) is 0 Å². The van der Waals surface area contributed by atoms with E-state index in [1.807, 2.05) is 36.4 Å². The van der Waals surface area contributed by atoms with Crippen LogP contribution in [-0.4, -0.2) is 14.2 Å². The number of methoxy groups -OCH3 is 2. The van der Waals surface area contributed by atoms with Gasteiger partial charge in [0.1, 0.15) is 0 Å². The van der Waals surface area contributed by atoms with Gasteiger partial charge >= 0.3 is 0 Å². The number of rotatable bonds is 5. The molecule has 0 aromatic heterocycles. The van der Waals surface area contributed by atoms with Crippen LogP contribution in [0.5, 0.6) is 11.5 Å². The molecule has 0 aliphatic rings. The SMILES string of the molecule is COc1ccc(C(NN)c2ccc(Br)c(Cl)c2)cc1OC. The summed E-state index contributed by atoms with van der Waals surface area (Å²) >= 11 is 9.53. The third-order valence-electron chi connectivity index (χ3n) is 3.18. The molecule has 0 radical (unpaired) electrons. The Morgan fingerprint density at radius 2 is 1.67 bits per heavy atom. The van der Waals surface area contributed by atoms with E-state index in [1.54, 1.807) is 14.2 Å². The Balaban J connectivity index is 2.43. The molecule has 1 atom stereocenters. The third kappa shape index (κ3) is 3.49. The molecule has 0 saturated heterocycles. The number of nitrogens with one attached hydrogen (secondary N) is 1. The van der Waals surface area contributed by atoms with Crippen LogP contribution in [0.1, 0.15) is 17.2 Å². The van der Waals surface area contributed by atoms with Gasteiger partial charge in [0.2, 0.25) is 0 Å². The Labute approximate surface area is 137 Å². The molecule has 0 heterocycles. The minimum Gasteiger partial charge on any atom is -0.493 e. The first kappa shape index (κ1) is 16.1. The first-order chi connectivity index (χ1) is 10.1. The molecule has 21 heavy (non-hydrogen) atoms. The van der Waals surface area contributed by atoms with E-state index in [1.165, 1.54) is 0 Å². The zero-order chi connectivity index (χ0) is 15.4. The zero-order valence-corrected chi connectivity index (χ0v) is 14.0. The average Bonchev–Trinajstić information content (AvgIpc) is 2.51. The van der Waals surface area contributed by atoms with Gasteiger partial charge in [0.15, 0.2) is 11.5 Å². The Bertz CT molecular complexity index is 637. The normalized spacial score (nSPS) is 12.0. The topological polar surface area (TPSA) is 56.5 Å². The molecule has 2 aromatic rings. The fourth-order valence-corrected chi connectivity index (χ4v) is 2.54. The largest absolute Gasteiger partial charge is 0.493 e. The van der Waals surface area contributed by atoms with Gasteiger partial charge in [-0.25, -0.2) is 5.43 Å². The monoisotopic (exact) mass is 370 g/mol. The molecule has 0 aliphatic heterocycles. The third-order valence-corrected chi connectivity index (χ3v) is 4.42. The van der Waals surface area contributed by atoms with Gasteiger partial charge in [0.25, 0.3) is 0 Å². The van der Waals surface area contributed by atoms with E-state index in [2.05, 4.69) is 21.4 Å². The molecule has 3 N–H and O–H groups in total. The van der Waals surface area contributed by atoms with Crippen molar-refractivity contribution in [3.05, 3.63) is 57.0 Å². The highest BCUT2D eigenvalue weighted by atomic mass is 79.9. The Kier molecular flexibility index (Phi) is 5.47. The van der Waals surface area contributed by atoms with Crippen molar-refractivity contribution >= 4 is 27.5 Å². The van der Waals surface area contributed by atoms with E-state index in [-0.39, 0.29) is 6.04 Å². The lowest BCUT2D eigenvalue weighted by Crippen LogP contribution is -2.28. The first-order valence-electron chi connectivity index (χ1n) is 6.23. The fraction of sp³-hybridized carbons (Fsp3) is 0.200. The quantitative estimate of drug-likeness (QED) is 0.622. The molecule has 0 amide bonds. The highest BCUT2D eigenvalue weighted by Crippen LogP contribution is 2.33. The van der Waals surface area contributed by atoms with Gasteiger partial charge in [-0.3, -0.25) is 5.84 Å². The molecule has 6 heteroatoms. The molecule has 4 nitrogen and oxygen atoms in total. The van der Waals surface area contributed by atoms with Crippen LogP contribution in [-0.2, 0) is 0 Å². The first-order valence-corrected chi connectivity index (χ1v) is 7.40. The molecule has 1 unspecified atom stereocenters. The minimum atomic E-state index is -0.199. The van der Waals surface area contributed by atoms with E-state index < -0.39 is 0 Å². The van der Waals surface area contributed by atoms with Crippen LogP contribution in [0, 0.1) is 0 Å². The smallest absolute Gasteiger partial charge is 0.161 e. The van der Waals surface area contributed by atoms with Crippen molar-refractivity contribution in [2.75, 3.05) is 14.2 Å². The summed E-state index contributed by atoms with van der Waals surface area (Å²) in [6.07, 6.45) is 0. The summed E-state index contributed by atoms with van der Waals surface area (Å²) in [5.74, 6) is 7.03. The van der Waals surface area contributed by atoms with Crippen LogP contribution in [0.2, 0.25) is 5.02 Å². The Morgan fingerprint density at radius 3 is 2.24 bits per heavy atom. The summed E-state index contributed by atoms with van der Waals surface area (Å²) < 4.78 is 11.4. The van der Waals surface area contributed by atoms with Gasteiger partial charge in [0, 0.05) is 4.47 Å². The summed E-state index contributed by atoms with van der Waals surface area (Å²) in [6.45, 7) is 0. The summed E-state index contributed by atoms with van der Waals surface area (Å²) in [7, 11) is 3.20. The van der Waals surface area contributed by atoms with Crippen molar-refractivity contribution < 1.29 is 9.47 Å². The van der Waals surface area contributed by atoms with Gasteiger partial charge in [0.05, 0.1) is 25.3 Å². The molecule has 2 aromatic carbocycles. The summed E-state index contributed by atoms with van der Waals surface area (Å²) in [5, 5.41) is 0.633. The lowest BCUT2D eigenvalue weighted by atomic mass is 9.99. The summed E-state index contributed by atoms with van der Waals surface area (Å²) in [4.78, 5) is 0. The summed E-state index contributed by atoms with van der Waals surface area (Å²) in [5.41, 5.74) is 4.71. The zero-order valence-electron chi connectivity index (χ0n) is 11.7. The predicted octanol–water partition coefficient (Wildman–Crippen LogP) is 3.67. The van der Waals surface area contributed by atoms with Crippen LogP contribution >= 0.6 is 27.5 Å². The second kappa shape index (κ2) is 7.13. The second-order valence-corrected chi connectivity index (χ2v) is 5.65. The Hall–Kier alpha value is -1.27. The number of ether oxygens (including phenoxy) is 2. The number of hydrazine groups is 1. The molecular formula is C15H16BrClN2O2. The molecule has 0 spiro atoms. The van der Waals surface area contributed by atoms with Crippen molar-refractivity contribution in [2.45, 2.75) is 6.04 Å². The van der Waals surface area contributed by atoms with E-state index >= 15 is 0 Å². The average molecular weight is 372 g/mol. The highest BCUT2D eigenvalue weighted by Gasteiger charge is 2.16. The van der Waals surface area contributed by atoms with Crippen molar-refractivity contribution in [1.82, 2.24) is 5.43 Å². The van der Waals surface area contributed by atoms with E-state index in [0.29, 0.717) is 16.5 Å². The maximum atomic E-state index is 6.15. The molecule has 0 fully saturated rings. The Morgan fingerprint density at radius 1 is 1.05 bits per heavy atom. The van der Waals surface area contributed by atoms with Gasteiger partial charge in [-0.2, -0.15) is 0 Å². The number of hydrogen-bond acceptors (Lipinski definition) is 4. The number of nitrogens with two attached hydrogens (primary N) is 1. The number of hydrogen-bond donors (Lipinski definition) is 2. The maximum Gasteiger partial charge on any atom is 0.161 e. The van der Waals surface area contributed by atoms with Gasteiger partial charge in [-0.05, 0) is 51.3 Å². The number of halogens is 2. The van der Waals surface area contributed by atoms with E-state index in [9.17, 15) is 0 Å². The molecule has 2 rings (SSSR count). The van der Waals surface area contributed by atoms with E-state index in [0.717, 1.165) is 15.6 Å². The fourth-order valence-electron chi connectivity index (χ4n) is 2.11. The molecule has 112 valence electrons. The van der Waals surface area contributed by atoms with Crippen molar-refractivity contribution in [1.29, 1.82) is 0 Å². The van der Waals surface area contributed by atoms with Crippen LogP contribution in [0.3, 0.4) is 0 Å². The molecule has 0 bridgehead atoms. The predicted molar refractivity (Wildman–Crippen MR) is 87.9 cm³/mol. The lowest BCUT2D eigenvalue weighted by Gasteiger charge is -2.19. The molecular weight excluding hydrogens is 356 g/mol. The molecule has 0 aliphatic carbocycles. The summed E-state index contributed by atoms with van der Waals surface area (Å²) in [6, 6.07) is 11.2. The minimum absolute atomic E-state index is 0.199. The lowest BCUT2D eigenvalue weighted by molar-refractivity contribution is 0.354. The van der Waals surface area contributed by atoms with Crippen molar-refractivity contribution in [2.24, 2.45) is 5.84 Å². The van der Waals surface area contributed by atoms with Crippen LogP contribution in [0.4, 0.5) is 0 Å².